The molecule has 0 spiro atoms. The van der Waals surface area contributed by atoms with Crippen LogP contribution in [0.2, 0.25) is 0 Å². The standard InChI is InChI=1S/C33H45N2O2/c1-2-3-4-5-6-7-8-9-10-11-12-13-14-17-27-34-28-26-30(32-18-15-16-19-33(32)34)23-20-29-21-24-31(25-22-29)35(36)37/h15-16,18-26,28H,2-14,17,27H2,1H3/q+1/b23-20+. The van der Waals surface area contributed by atoms with Crippen LogP contribution in [0.1, 0.15) is 108 Å². The van der Waals surface area contributed by atoms with Crippen molar-refractivity contribution in [3.63, 3.8) is 0 Å². The highest BCUT2D eigenvalue weighted by Gasteiger charge is 2.11. The molecule has 2 aromatic carbocycles. The summed E-state index contributed by atoms with van der Waals surface area (Å²) in [6.07, 6.45) is 25.6. The number of nitrogens with zero attached hydrogens (tertiary/aromatic N) is 2. The van der Waals surface area contributed by atoms with E-state index in [1.54, 1.807) is 24.3 Å². The summed E-state index contributed by atoms with van der Waals surface area (Å²) in [6, 6.07) is 17.4. The first-order valence-corrected chi connectivity index (χ1v) is 14.5. The number of para-hydroxylation sites is 1. The number of rotatable bonds is 18. The molecule has 0 aliphatic heterocycles. The van der Waals surface area contributed by atoms with Gasteiger partial charge in [0.1, 0.15) is 6.54 Å². The van der Waals surface area contributed by atoms with Crippen molar-refractivity contribution >= 4 is 28.7 Å². The van der Waals surface area contributed by atoms with Crippen LogP contribution in [-0.2, 0) is 6.54 Å². The van der Waals surface area contributed by atoms with Gasteiger partial charge in [-0.25, -0.2) is 0 Å². The molecule has 0 aliphatic carbocycles. The second-order valence-corrected chi connectivity index (χ2v) is 10.3. The Labute approximate surface area is 223 Å². The molecular formula is C33H45N2O2+. The normalized spacial score (nSPS) is 11.5. The molecule has 0 saturated heterocycles. The number of nitro groups is 1. The molecule has 0 amide bonds. The average molecular weight is 502 g/mol. The van der Waals surface area contributed by atoms with Crippen molar-refractivity contribution in [2.24, 2.45) is 0 Å². The Morgan fingerprint density at radius 2 is 1.27 bits per heavy atom. The minimum absolute atomic E-state index is 0.117. The zero-order valence-electron chi connectivity index (χ0n) is 22.7. The molecule has 0 atom stereocenters. The summed E-state index contributed by atoms with van der Waals surface area (Å²) in [4.78, 5) is 10.5. The van der Waals surface area contributed by atoms with Gasteiger partial charge in [0.25, 0.3) is 5.69 Å². The lowest BCUT2D eigenvalue weighted by atomic mass is 10.0. The van der Waals surface area contributed by atoms with Crippen LogP contribution in [0.3, 0.4) is 0 Å². The van der Waals surface area contributed by atoms with Crippen LogP contribution in [0, 0.1) is 10.1 Å². The monoisotopic (exact) mass is 501 g/mol. The number of unbranched alkanes of at least 4 members (excludes halogenated alkanes) is 13. The lowest BCUT2D eigenvalue weighted by Gasteiger charge is -2.05. The van der Waals surface area contributed by atoms with Gasteiger partial charge in [0, 0.05) is 30.7 Å². The Kier molecular flexibility index (Phi) is 12.9. The molecule has 1 aromatic heterocycles. The number of hydrogen-bond acceptors (Lipinski definition) is 2. The molecule has 0 bridgehead atoms. The van der Waals surface area contributed by atoms with Gasteiger partial charge < -0.3 is 0 Å². The Hall–Kier alpha value is -3.01. The van der Waals surface area contributed by atoms with Crippen molar-refractivity contribution in [3.05, 3.63) is 82.0 Å². The summed E-state index contributed by atoms with van der Waals surface area (Å²) >= 11 is 0. The fourth-order valence-corrected chi connectivity index (χ4v) is 5.02. The van der Waals surface area contributed by atoms with Crippen molar-refractivity contribution < 1.29 is 9.49 Å². The third-order valence-corrected chi connectivity index (χ3v) is 7.27. The molecule has 0 aliphatic rings. The van der Waals surface area contributed by atoms with Gasteiger partial charge in [0.2, 0.25) is 5.52 Å². The molecular weight excluding hydrogens is 456 g/mol. The molecule has 3 aromatic rings. The van der Waals surface area contributed by atoms with Crippen LogP contribution in [0.15, 0.2) is 60.8 Å². The fraction of sp³-hybridized carbons (Fsp3) is 0.485. The second kappa shape index (κ2) is 16.7. The number of fused-ring (bicyclic) bond motifs is 1. The molecule has 4 nitrogen and oxygen atoms in total. The highest BCUT2D eigenvalue weighted by molar-refractivity contribution is 5.88. The lowest BCUT2D eigenvalue weighted by molar-refractivity contribution is -0.671. The topological polar surface area (TPSA) is 47.0 Å². The highest BCUT2D eigenvalue weighted by atomic mass is 16.6. The largest absolute Gasteiger partial charge is 0.269 e. The maximum absolute atomic E-state index is 10.9. The van der Waals surface area contributed by atoms with Crippen LogP contribution in [0.4, 0.5) is 5.69 Å². The number of non-ortho nitro benzene ring substituents is 1. The minimum atomic E-state index is -0.366. The molecule has 0 saturated carbocycles. The van der Waals surface area contributed by atoms with Crippen molar-refractivity contribution in [1.82, 2.24) is 0 Å². The van der Waals surface area contributed by atoms with Gasteiger partial charge in [-0.05, 0) is 35.7 Å². The molecule has 4 heteroatoms. The lowest BCUT2D eigenvalue weighted by Crippen LogP contribution is -2.34. The van der Waals surface area contributed by atoms with E-state index < -0.39 is 0 Å². The van der Waals surface area contributed by atoms with Gasteiger partial charge >= 0.3 is 0 Å². The molecule has 3 rings (SSSR count). The molecule has 0 fully saturated rings. The average Bonchev–Trinajstić information content (AvgIpc) is 2.92. The maximum atomic E-state index is 10.9. The summed E-state index contributed by atoms with van der Waals surface area (Å²) < 4.78 is 2.37. The SMILES string of the molecule is CCCCCCCCCCCCCCCC[n+]1ccc(/C=C/c2ccc([N+](=O)[O-])cc2)c2ccccc21. The number of hydrogen-bond donors (Lipinski definition) is 0. The summed E-state index contributed by atoms with van der Waals surface area (Å²) in [7, 11) is 0. The van der Waals surface area contributed by atoms with E-state index >= 15 is 0 Å². The van der Waals surface area contributed by atoms with Crippen molar-refractivity contribution in [1.29, 1.82) is 0 Å². The Morgan fingerprint density at radius 1 is 0.703 bits per heavy atom. The van der Waals surface area contributed by atoms with E-state index in [-0.39, 0.29) is 10.6 Å². The smallest absolute Gasteiger partial charge is 0.258 e. The summed E-state index contributed by atoms with van der Waals surface area (Å²) in [5, 5.41) is 12.1. The highest BCUT2D eigenvalue weighted by Crippen LogP contribution is 2.20. The first-order valence-electron chi connectivity index (χ1n) is 14.5. The van der Waals surface area contributed by atoms with Gasteiger partial charge in [-0.2, -0.15) is 4.57 Å². The van der Waals surface area contributed by atoms with Crippen molar-refractivity contribution in [3.8, 4) is 0 Å². The molecule has 0 unspecified atom stereocenters. The summed E-state index contributed by atoms with van der Waals surface area (Å²) in [5.74, 6) is 0. The van der Waals surface area contributed by atoms with Crippen LogP contribution in [0.5, 0.6) is 0 Å². The van der Waals surface area contributed by atoms with Crippen LogP contribution < -0.4 is 4.57 Å². The number of benzene rings is 2. The molecule has 37 heavy (non-hydrogen) atoms. The fourth-order valence-electron chi connectivity index (χ4n) is 5.02. The van der Waals surface area contributed by atoms with Gasteiger partial charge in [-0.15, -0.1) is 0 Å². The molecule has 198 valence electrons. The Balaban J connectivity index is 1.39. The van der Waals surface area contributed by atoms with E-state index in [4.69, 9.17) is 0 Å². The minimum Gasteiger partial charge on any atom is -0.258 e. The van der Waals surface area contributed by atoms with E-state index in [2.05, 4.69) is 54.1 Å². The molecule has 1 heterocycles. The zero-order chi connectivity index (χ0) is 26.1. The van der Waals surface area contributed by atoms with Crippen LogP contribution >= 0.6 is 0 Å². The first kappa shape index (κ1) is 28.6. The van der Waals surface area contributed by atoms with E-state index in [1.807, 2.05) is 6.08 Å². The number of aryl methyl sites for hydroxylation is 1. The van der Waals surface area contributed by atoms with Crippen LogP contribution in [-0.4, -0.2) is 4.92 Å². The zero-order valence-corrected chi connectivity index (χ0v) is 22.7. The van der Waals surface area contributed by atoms with Gasteiger partial charge in [0.15, 0.2) is 6.20 Å². The van der Waals surface area contributed by atoms with E-state index in [0.717, 1.165) is 17.7 Å². The van der Waals surface area contributed by atoms with Crippen molar-refractivity contribution in [2.75, 3.05) is 0 Å². The predicted octanol–water partition coefficient (Wildman–Crippen LogP) is 9.69. The number of nitro benzene ring substituents is 1. The predicted molar refractivity (Wildman–Crippen MR) is 156 cm³/mol. The number of pyridine rings is 1. The third-order valence-electron chi connectivity index (χ3n) is 7.27. The third kappa shape index (κ3) is 10.1. The first-order chi connectivity index (χ1) is 18.2. The van der Waals surface area contributed by atoms with Gasteiger partial charge in [-0.1, -0.05) is 108 Å². The quantitative estimate of drug-likeness (QED) is 0.0753. The molecule has 0 N–H and O–H groups in total. The number of aromatic nitrogens is 1. The van der Waals surface area contributed by atoms with Gasteiger partial charge in [0.05, 0.1) is 10.3 Å². The second-order valence-electron chi connectivity index (χ2n) is 10.3. The maximum Gasteiger partial charge on any atom is 0.269 e. The van der Waals surface area contributed by atoms with Crippen LogP contribution in [0.25, 0.3) is 23.1 Å². The van der Waals surface area contributed by atoms with Crippen molar-refractivity contribution in [2.45, 2.75) is 103 Å². The Morgan fingerprint density at radius 3 is 1.86 bits per heavy atom. The van der Waals surface area contributed by atoms with E-state index in [1.165, 1.54) is 101 Å². The Bertz CT molecular complexity index is 1110. The summed E-state index contributed by atoms with van der Waals surface area (Å²) in [6.45, 7) is 3.33. The van der Waals surface area contributed by atoms with E-state index in [0.29, 0.717) is 0 Å². The molecule has 0 radical (unpaired) electrons. The van der Waals surface area contributed by atoms with Gasteiger partial charge in [-0.3, -0.25) is 10.1 Å². The van der Waals surface area contributed by atoms with E-state index in [9.17, 15) is 10.1 Å². The summed E-state index contributed by atoms with van der Waals surface area (Å²) in [5.41, 5.74) is 3.48.